The largest absolute Gasteiger partial charge is 0.339 e. The number of nitrogens with zero attached hydrogens (tertiary/aromatic N) is 2. The SMILES string of the molecule is O=S(=O)(Cc1cc(F)ccc1F)Nc1ccccc1Cc1nc(-c2cccs2)no1. The van der Waals surface area contributed by atoms with Gasteiger partial charge in [-0.05, 0) is 41.3 Å². The Morgan fingerprint density at radius 2 is 1.87 bits per heavy atom. The minimum atomic E-state index is -3.99. The molecule has 154 valence electrons. The predicted octanol–water partition coefficient (Wildman–Crippen LogP) is 4.61. The first-order chi connectivity index (χ1) is 14.4. The van der Waals surface area contributed by atoms with Gasteiger partial charge in [0.15, 0.2) is 0 Å². The third-order valence-electron chi connectivity index (χ3n) is 4.19. The predicted molar refractivity (Wildman–Crippen MR) is 109 cm³/mol. The minimum absolute atomic E-state index is 0.200. The van der Waals surface area contributed by atoms with Crippen molar-refractivity contribution < 1.29 is 21.7 Å². The number of thiophene rings is 1. The van der Waals surface area contributed by atoms with Gasteiger partial charge in [-0.15, -0.1) is 11.3 Å². The summed E-state index contributed by atoms with van der Waals surface area (Å²) in [6, 6.07) is 13.1. The molecule has 4 aromatic rings. The topological polar surface area (TPSA) is 85.1 Å². The smallest absolute Gasteiger partial charge is 0.237 e. The van der Waals surface area contributed by atoms with Crippen molar-refractivity contribution in [2.75, 3.05) is 4.72 Å². The van der Waals surface area contributed by atoms with Gasteiger partial charge in [0, 0.05) is 5.56 Å². The lowest BCUT2D eigenvalue weighted by molar-refractivity contribution is 0.386. The molecule has 0 bridgehead atoms. The summed E-state index contributed by atoms with van der Waals surface area (Å²) in [5, 5.41) is 5.84. The Morgan fingerprint density at radius 3 is 2.67 bits per heavy atom. The van der Waals surface area contributed by atoms with Gasteiger partial charge in [0.05, 0.1) is 22.7 Å². The van der Waals surface area contributed by atoms with E-state index in [1.807, 2.05) is 17.5 Å². The molecule has 1 N–H and O–H groups in total. The first-order valence-electron chi connectivity index (χ1n) is 8.78. The molecule has 6 nitrogen and oxygen atoms in total. The van der Waals surface area contributed by atoms with Gasteiger partial charge in [0.2, 0.25) is 21.7 Å². The number of halogens is 2. The minimum Gasteiger partial charge on any atom is -0.339 e. The molecule has 0 aliphatic rings. The Hall–Kier alpha value is -3.11. The monoisotopic (exact) mass is 447 g/mol. The van der Waals surface area contributed by atoms with Gasteiger partial charge in [0.25, 0.3) is 0 Å². The summed E-state index contributed by atoms with van der Waals surface area (Å²) in [7, 11) is -3.99. The van der Waals surface area contributed by atoms with Crippen LogP contribution in [0, 0.1) is 11.6 Å². The second-order valence-electron chi connectivity index (χ2n) is 6.42. The van der Waals surface area contributed by atoms with E-state index in [-0.39, 0.29) is 12.0 Å². The number of nitrogens with one attached hydrogen (secondary N) is 1. The summed E-state index contributed by atoms with van der Waals surface area (Å²) in [5.74, 6) is -1.42. The van der Waals surface area contributed by atoms with Crippen molar-refractivity contribution in [2.24, 2.45) is 0 Å². The first kappa shape index (κ1) is 20.2. The number of aromatic nitrogens is 2. The van der Waals surface area contributed by atoms with Crippen LogP contribution in [-0.4, -0.2) is 18.6 Å². The van der Waals surface area contributed by atoms with Crippen LogP contribution in [0.15, 0.2) is 64.5 Å². The molecule has 0 unspecified atom stereocenters. The molecule has 2 aromatic heterocycles. The Labute approximate surface area is 175 Å². The van der Waals surface area contributed by atoms with Gasteiger partial charge < -0.3 is 4.52 Å². The first-order valence-corrected chi connectivity index (χ1v) is 11.3. The van der Waals surface area contributed by atoms with Crippen LogP contribution in [0.25, 0.3) is 10.7 Å². The van der Waals surface area contributed by atoms with E-state index < -0.39 is 27.4 Å². The molecular weight excluding hydrogens is 432 g/mol. The molecule has 0 aliphatic heterocycles. The number of sulfonamides is 1. The molecule has 0 saturated heterocycles. The molecule has 0 aliphatic carbocycles. The number of rotatable bonds is 7. The second kappa shape index (κ2) is 8.33. The highest BCUT2D eigenvalue weighted by Crippen LogP contribution is 2.25. The van der Waals surface area contributed by atoms with Crippen LogP contribution < -0.4 is 4.72 Å². The van der Waals surface area contributed by atoms with E-state index in [0.717, 1.165) is 23.1 Å². The summed E-state index contributed by atoms with van der Waals surface area (Å²) in [5.41, 5.74) is 0.643. The summed E-state index contributed by atoms with van der Waals surface area (Å²) in [6.07, 6.45) is 0.200. The highest BCUT2D eigenvalue weighted by atomic mass is 32.2. The molecule has 0 fully saturated rings. The highest BCUT2D eigenvalue weighted by molar-refractivity contribution is 7.91. The zero-order chi connectivity index (χ0) is 21.1. The molecule has 0 amide bonds. The number of hydrogen-bond acceptors (Lipinski definition) is 6. The van der Waals surface area contributed by atoms with Crippen LogP contribution in [0.2, 0.25) is 0 Å². The molecule has 2 aromatic carbocycles. The van der Waals surface area contributed by atoms with E-state index in [0.29, 0.717) is 23.0 Å². The number of para-hydroxylation sites is 1. The molecule has 0 saturated carbocycles. The van der Waals surface area contributed by atoms with Crippen LogP contribution in [0.1, 0.15) is 17.0 Å². The van der Waals surface area contributed by atoms with Crippen molar-refractivity contribution in [3.05, 3.63) is 88.6 Å². The molecular formula is C20H15F2N3O3S2. The maximum Gasteiger partial charge on any atom is 0.237 e. The van der Waals surface area contributed by atoms with Gasteiger partial charge >= 0.3 is 0 Å². The molecule has 0 radical (unpaired) electrons. The molecule has 2 heterocycles. The Bertz CT molecular complexity index is 1270. The van der Waals surface area contributed by atoms with Crippen molar-refractivity contribution in [3.8, 4) is 10.7 Å². The van der Waals surface area contributed by atoms with Crippen molar-refractivity contribution in [2.45, 2.75) is 12.2 Å². The molecule has 0 spiro atoms. The maximum atomic E-state index is 13.8. The van der Waals surface area contributed by atoms with E-state index in [1.165, 1.54) is 11.3 Å². The lowest BCUT2D eigenvalue weighted by Crippen LogP contribution is -2.17. The third kappa shape index (κ3) is 4.71. The maximum absolute atomic E-state index is 13.8. The second-order valence-corrected chi connectivity index (χ2v) is 9.09. The Balaban J connectivity index is 1.54. The molecule has 4 rings (SSSR count). The number of benzene rings is 2. The summed E-state index contributed by atoms with van der Waals surface area (Å²) in [6.45, 7) is 0. The van der Waals surface area contributed by atoms with Crippen LogP contribution in [-0.2, 0) is 22.2 Å². The lowest BCUT2D eigenvalue weighted by Gasteiger charge is -2.12. The standard InChI is InChI=1S/C20H15F2N3O3S2/c21-15-7-8-16(22)14(10-15)12-30(26,27)25-17-5-2-1-4-13(17)11-19-23-20(24-28-19)18-6-3-9-29-18/h1-10,25H,11-12H2. The zero-order valence-corrected chi connectivity index (χ0v) is 17.0. The van der Waals surface area contributed by atoms with Gasteiger partial charge in [-0.3, -0.25) is 4.72 Å². The van der Waals surface area contributed by atoms with Crippen LogP contribution in [0.3, 0.4) is 0 Å². The summed E-state index contributed by atoms with van der Waals surface area (Å²) in [4.78, 5) is 5.20. The Kier molecular flexibility index (Phi) is 5.60. The zero-order valence-electron chi connectivity index (χ0n) is 15.4. The normalized spacial score (nSPS) is 11.5. The fourth-order valence-electron chi connectivity index (χ4n) is 2.83. The fraction of sp³-hybridized carbons (Fsp3) is 0.100. The quantitative estimate of drug-likeness (QED) is 0.447. The van der Waals surface area contributed by atoms with Gasteiger partial charge in [-0.2, -0.15) is 4.98 Å². The van der Waals surface area contributed by atoms with Crippen molar-refractivity contribution in [1.82, 2.24) is 10.1 Å². The van der Waals surface area contributed by atoms with Crippen molar-refractivity contribution in [1.29, 1.82) is 0 Å². The molecule has 10 heteroatoms. The van der Waals surface area contributed by atoms with Crippen LogP contribution in [0.4, 0.5) is 14.5 Å². The fourth-order valence-corrected chi connectivity index (χ4v) is 4.72. The van der Waals surface area contributed by atoms with E-state index in [2.05, 4.69) is 14.9 Å². The summed E-state index contributed by atoms with van der Waals surface area (Å²) < 4.78 is 60.0. The van der Waals surface area contributed by atoms with E-state index >= 15 is 0 Å². The van der Waals surface area contributed by atoms with Gasteiger partial charge in [-0.1, -0.05) is 29.4 Å². The highest BCUT2D eigenvalue weighted by Gasteiger charge is 2.18. The van der Waals surface area contributed by atoms with Gasteiger partial charge in [0.1, 0.15) is 11.6 Å². The van der Waals surface area contributed by atoms with Gasteiger partial charge in [-0.25, -0.2) is 17.2 Å². The molecule has 0 atom stereocenters. The third-order valence-corrected chi connectivity index (χ3v) is 6.28. The number of hydrogen-bond donors (Lipinski definition) is 1. The average molecular weight is 447 g/mol. The van der Waals surface area contributed by atoms with Crippen LogP contribution in [0.5, 0.6) is 0 Å². The van der Waals surface area contributed by atoms with E-state index in [1.54, 1.807) is 24.3 Å². The Morgan fingerprint density at radius 1 is 1.03 bits per heavy atom. The van der Waals surface area contributed by atoms with Crippen LogP contribution >= 0.6 is 11.3 Å². The van der Waals surface area contributed by atoms with Crippen molar-refractivity contribution in [3.63, 3.8) is 0 Å². The van der Waals surface area contributed by atoms with E-state index in [4.69, 9.17) is 4.52 Å². The van der Waals surface area contributed by atoms with E-state index in [9.17, 15) is 17.2 Å². The summed E-state index contributed by atoms with van der Waals surface area (Å²) >= 11 is 1.48. The number of anilines is 1. The van der Waals surface area contributed by atoms with Crippen molar-refractivity contribution >= 4 is 27.0 Å². The lowest BCUT2D eigenvalue weighted by atomic mass is 10.1. The average Bonchev–Trinajstić information content (AvgIpc) is 3.37. The molecule has 30 heavy (non-hydrogen) atoms.